The fourth-order valence-electron chi connectivity index (χ4n) is 2.80. The van der Waals surface area contributed by atoms with Crippen molar-refractivity contribution in [2.45, 2.75) is 39.0 Å². The highest BCUT2D eigenvalue weighted by Gasteiger charge is 2.13. The summed E-state index contributed by atoms with van der Waals surface area (Å²) in [4.78, 5) is 0. The van der Waals surface area contributed by atoms with Crippen molar-refractivity contribution in [3.8, 4) is 5.75 Å². The molecule has 1 aromatic rings. The molecule has 1 saturated heterocycles. The van der Waals surface area contributed by atoms with Gasteiger partial charge in [-0.05, 0) is 68.3 Å². The molecule has 0 amide bonds. The van der Waals surface area contributed by atoms with Crippen LogP contribution < -0.4 is 10.1 Å². The Hall–Kier alpha value is -1.02. The maximum atomic E-state index is 5.38. The Labute approximate surface area is 111 Å². The minimum atomic E-state index is 0.915. The predicted octanol–water partition coefficient (Wildman–Crippen LogP) is 3.19. The van der Waals surface area contributed by atoms with Gasteiger partial charge in [-0.15, -0.1) is 0 Å². The van der Waals surface area contributed by atoms with Crippen LogP contribution in [-0.2, 0) is 12.8 Å². The van der Waals surface area contributed by atoms with Crippen LogP contribution in [0.15, 0.2) is 18.2 Å². The van der Waals surface area contributed by atoms with E-state index in [9.17, 15) is 0 Å². The highest BCUT2D eigenvalue weighted by Crippen LogP contribution is 2.23. The second-order valence-electron chi connectivity index (χ2n) is 5.23. The van der Waals surface area contributed by atoms with Gasteiger partial charge in [-0.25, -0.2) is 0 Å². The molecule has 0 bridgehead atoms. The Balaban J connectivity index is 1.92. The number of ether oxygens (including phenoxy) is 1. The van der Waals surface area contributed by atoms with Gasteiger partial charge in [0.25, 0.3) is 0 Å². The van der Waals surface area contributed by atoms with E-state index in [1.165, 1.54) is 49.9 Å². The predicted molar refractivity (Wildman–Crippen MR) is 76.3 cm³/mol. The van der Waals surface area contributed by atoms with Gasteiger partial charge >= 0.3 is 0 Å². The van der Waals surface area contributed by atoms with E-state index in [0.29, 0.717) is 0 Å². The molecule has 2 heteroatoms. The first-order chi connectivity index (χ1) is 8.83. The van der Waals surface area contributed by atoms with Gasteiger partial charge in [-0.2, -0.15) is 0 Å². The van der Waals surface area contributed by atoms with E-state index < -0.39 is 0 Å². The van der Waals surface area contributed by atoms with Gasteiger partial charge < -0.3 is 10.1 Å². The third kappa shape index (κ3) is 3.49. The van der Waals surface area contributed by atoms with Crippen LogP contribution in [0.2, 0.25) is 0 Å². The summed E-state index contributed by atoms with van der Waals surface area (Å²) >= 11 is 0. The summed E-state index contributed by atoms with van der Waals surface area (Å²) in [5.41, 5.74) is 2.80. The molecular formula is C16H25NO. The highest BCUT2D eigenvalue weighted by atomic mass is 16.5. The Morgan fingerprint density at radius 1 is 1.28 bits per heavy atom. The molecule has 1 aliphatic heterocycles. The van der Waals surface area contributed by atoms with Crippen LogP contribution in [-0.4, -0.2) is 20.2 Å². The zero-order valence-electron chi connectivity index (χ0n) is 11.7. The molecule has 0 atom stereocenters. The maximum absolute atomic E-state index is 5.38. The molecule has 0 radical (unpaired) electrons. The van der Waals surface area contributed by atoms with Crippen molar-refractivity contribution >= 4 is 0 Å². The number of piperidine rings is 1. The summed E-state index contributed by atoms with van der Waals surface area (Å²) in [5.74, 6) is 1.95. The summed E-state index contributed by atoms with van der Waals surface area (Å²) in [7, 11) is 1.75. The van der Waals surface area contributed by atoms with E-state index in [0.717, 1.165) is 18.1 Å². The minimum Gasteiger partial charge on any atom is -0.496 e. The third-order valence-electron chi connectivity index (χ3n) is 4.03. The van der Waals surface area contributed by atoms with Crippen LogP contribution in [0.4, 0.5) is 0 Å². The molecule has 2 rings (SSSR count). The zero-order chi connectivity index (χ0) is 12.8. The fourth-order valence-corrected chi connectivity index (χ4v) is 2.80. The molecule has 18 heavy (non-hydrogen) atoms. The molecule has 1 aromatic carbocycles. The van der Waals surface area contributed by atoms with Gasteiger partial charge in [0.1, 0.15) is 5.75 Å². The Morgan fingerprint density at radius 2 is 2.06 bits per heavy atom. The van der Waals surface area contributed by atoms with Crippen molar-refractivity contribution in [2.24, 2.45) is 5.92 Å². The summed E-state index contributed by atoms with van der Waals surface area (Å²) < 4.78 is 5.38. The van der Waals surface area contributed by atoms with Crippen molar-refractivity contribution in [3.63, 3.8) is 0 Å². The van der Waals surface area contributed by atoms with Gasteiger partial charge in [-0.1, -0.05) is 19.1 Å². The van der Waals surface area contributed by atoms with E-state index >= 15 is 0 Å². The molecule has 1 heterocycles. The maximum Gasteiger partial charge on any atom is 0.122 e. The summed E-state index contributed by atoms with van der Waals surface area (Å²) in [5, 5.41) is 3.43. The Bertz CT molecular complexity index is 369. The first-order valence-electron chi connectivity index (χ1n) is 7.20. The van der Waals surface area contributed by atoms with Crippen molar-refractivity contribution in [3.05, 3.63) is 29.3 Å². The van der Waals surface area contributed by atoms with E-state index in [2.05, 4.69) is 30.4 Å². The van der Waals surface area contributed by atoms with Crippen LogP contribution in [0.5, 0.6) is 5.75 Å². The molecule has 2 nitrogen and oxygen atoms in total. The molecule has 0 saturated carbocycles. The van der Waals surface area contributed by atoms with Gasteiger partial charge in [0.15, 0.2) is 0 Å². The van der Waals surface area contributed by atoms with Crippen molar-refractivity contribution in [1.29, 1.82) is 0 Å². The summed E-state index contributed by atoms with van der Waals surface area (Å²) in [6.07, 6.45) is 6.27. The molecule has 0 aromatic heterocycles. The van der Waals surface area contributed by atoms with Crippen LogP contribution in [0.3, 0.4) is 0 Å². The first kappa shape index (κ1) is 13.4. The molecule has 0 spiro atoms. The molecule has 0 unspecified atom stereocenters. The quantitative estimate of drug-likeness (QED) is 0.863. The lowest BCUT2D eigenvalue weighted by Crippen LogP contribution is -2.27. The van der Waals surface area contributed by atoms with Crippen molar-refractivity contribution < 1.29 is 4.74 Å². The normalized spacial score (nSPS) is 16.8. The van der Waals surface area contributed by atoms with Crippen LogP contribution in [0, 0.1) is 5.92 Å². The smallest absolute Gasteiger partial charge is 0.122 e. The van der Waals surface area contributed by atoms with Gasteiger partial charge in [-0.3, -0.25) is 0 Å². The standard InChI is InChI=1S/C16H25NO/c1-3-15-12-14(6-7-16(15)18-2)5-4-13-8-10-17-11-9-13/h6-7,12-13,17H,3-5,8-11H2,1-2H3. The molecule has 1 fully saturated rings. The number of benzene rings is 1. The van der Waals surface area contributed by atoms with Crippen LogP contribution in [0.1, 0.15) is 37.3 Å². The average molecular weight is 247 g/mol. The molecule has 1 aliphatic rings. The molecule has 100 valence electrons. The van der Waals surface area contributed by atoms with Gasteiger partial charge in [0.05, 0.1) is 7.11 Å². The van der Waals surface area contributed by atoms with E-state index in [1.54, 1.807) is 7.11 Å². The van der Waals surface area contributed by atoms with Gasteiger partial charge in [0.2, 0.25) is 0 Å². The third-order valence-corrected chi connectivity index (χ3v) is 4.03. The number of hydrogen-bond acceptors (Lipinski definition) is 2. The molecule has 1 N–H and O–H groups in total. The van der Waals surface area contributed by atoms with E-state index in [1.807, 2.05) is 0 Å². The summed E-state index contributed by atoms with van der Waals surface area (Å²) in [6, 6.07) is 6.66. The topological polar surface area (TPSA) is 21.3 Å². The van der Waals surface area contributed by atoms with E-state index in [4.69, 9.17) is 4.74 Å². The Kier molecular flexibility index (Phi) is 5.06. The number of rotatable bonds is 5. The Morgan fingerprint density at radius 3 is 2.72 bits per heavy atom. The lowest BCUT2D eigenvalue weighted by atomic mass is 9.91. The lowest BCUT2D eigenvalue weighted by molar-refractivity contribution is 0.354. The molecule has 0 aliphatic carbocycles. The van der Waals surface area contributed by atoms with Gasteiger partial charge in [0, 0.05) is 0 Å². The zero-order valence-corrected chi connectivity index (χ0v) is 11.7. The second kappa shape index (κ2) is 6.79. The average Bonchev–Trinajstić information content (AvgIpc) is 2.45. The highest BCUT2D eigenvalue weighted by molar-refractivity contribution is 5.37. The number of hydrogen-bond donors (Lipinski definition) is 1. The fraction of sp³-hybridized carbons (Fsp3) is 0.625. The first-order valence-corrected chi connectivity index (χ1v) is 7.20. The second-order valence-corrected chi connectivity index (χ2v) is 5.23. The van der Waals surface area contributed by atoms with Crippen molar-refractivity contribution in [1.82, 2.24) is 5.32 Å². The lowest BCUT2D eigenvalue weighted by Gasteiger charge is -2.22. The number of aryl methyl sites for hydroxylation is 2. The van der Waals surface area contributed by atoms with Crippen molar-refractivity contribution in [2.75, 3.05) is 20.2 Å². The largest absolute Gasteiger partial charge is 0.496 e. The minimum absolute atomic E-state index is 0.915. The van der Waals surface area contributed by atoms with Crippen LogP contribution >= 0.6 is 0 Å². The van der Waals surface area contributed by atoms with E-state index in [-0.39, 0.29) is 0 Å². The molecular weight excluding hydrogens is 222 g/mol. The SMILES string of the molecule is CCc1cc(CCC2CCNCC2)ccc1OC. The monoisotopic (exact) mass is 247 g/mol. The number of nitrogens with one attached hydrogen (secondary N) is 1. The summed E-state index contributed by atoms with van der Waals surface area (Å²) in [6.45, 7) is 4.59. The van der Waals surface area contributed by atoms with Crippen LogP contribution in [0.25, 0.3) is 0 Å². The number of methoxy groups -OCH3 is 1.